The number of carbonyl (C=O) groups is 1. The van der Waals surface area contributed by atoms with Gasteiger partial charge < -0.3 is 21.9 Å². The molecule has 1 fully saturated rings. The van der Waals surface area contributed by atoms with Crippen molar-refractivity contribution in [2.45, 2.75) is 51.0 Å². The number of hydrogen-bond acceptors (Lipinski definition) is 5. The maximum absolute atomic E-state index is 14.6. The van der Waals surface area contributed by atoms with Gasteiger partial charge in [-0.1, -0.05) is 19.9 Å². The number of anilines is 1. The lowest BCUT2D eigenvalue weighted by Crippen LogP contribution is -2.31. The number of carbonyl (C=O) groups excluding carboxylic acids is 1. The van der Waals surface area contributed by atoms with Crippen molar-refractivity contribution in [3.63, 3.8) is 0 Å². The smallest absolute Gasteiger partial charge is 0.274 e. The Kier molecular flexibility index (Phi) is 7.98. The van der Waals surface area contributed by atoms with Crippen molar-refractivity contribution in [3.8, 4) is 5.75 Å². The zero-order valence-electron chi connectivity index (χ0n) is 19.1. The normalized spacial score (nSPS) is 22.4. The van der Waals surface area contributed by atoms with Gasteiger partial charge in [0.05, 0.1) is 11.9 Å². The van der Waals surface area contributed by atoms with E-state index >= 15 is 0 Å². The number of amides is 1. The van der Waals surface area contributed by atoms with Crippen LogP contribution in [0.2, 0.25) is 0 Å². The molecule has 0 radical (unpaired) electrons. The first kappa shape index (κ1) is 25.3. The Morgan fingerprint density at radius 2 is 1.94 bits per heavy atom. The molecule has 182 valence electrons. The Balaban J connectivity index is 1.76. The molecule has 4 atom stereocenters. The van der Waals surface area contributed by atoms with Crippen LogP contribution in [0.3, 0.4) is 0 Å². The first-order chi connectivity index (χ1) is 16.1. The summed E-state index contributed by atoms with van der Waals surface area (Å²) in [7, 11) is 0. The van der Waals surface area contributed by atoms with Crippen LogP contribution in [0.15, 0.2) is 54.3 Å². The molecule has 1 aromatic heterocycles. The number of nitrogens with two attached hydrogens (primary N) is 2. The molecule has 6 N–H and O–H groups in total. The van der Waals surface area contributed by atoms with Gasteiger partial charge in [-0.2, -0.15) is 0 Å². The van der Waals surface area contributed by atoms with Gasteiger partial charge in [-0.3, -0.25) is 9.78 Å². The molecule has 3 rings (SSSR count). The van der Waals surface area contributed by atoms with Crippen LogP contribution in [0.4, 0.5) is 18.9 Å². The van der Waals surface area contributed by atoms with Gasteiger partial charge in [0.25, 0.3) is 5.91 Å². The summed E-state index contributed by atoms with van der Waals surface area (Å²) in [6, 6.07) is 3.40. The molecule has 1 saturated carbocycles. The number of rotatable bonds is 6. The summed E-state index contributed by atoms with van der Waals surface area (Å²) in [5.41, 5.74) is 12.1. The topological polar surface area (TPSA) is 114 Å². The van der Waals surface area contributed by atoms with Crippen molar-refractivity contribution >= 4 is 11.6 Å². The number of pyridine rings is 1. The first-order valence-electron chi connectivity index (χ1n) is 11.1. The second-order valence-corrected chi connectivity index (χ2v) is 8.92. The third-order valence-corrected chi connectivity index (χ3v) is 6.07. The van der Waals surface area contributed by atoms with E-state index in [-0.39, 0.29) is 17.5 Å². The lowest BCUT2D eigenvalue weighted by molar-refractivity contribution is -0.113. The molecule has 1 aliphatic rings. The summed E-state index contributed by atoms with van der Waals surface area (Å²) < 4.78 is 42.6. The van der Waals surface area contributed by atoms with Crippen LogP contribution >= 0.6 is 0 Å². The predicted octanol–water partition coefficient (Wildman–Crippen LogP) is 4.73. The molecule has 9 heteroatoms. The SMILES string of the molecule is CC(/C=C\C(F)=C(/N)C(=O)Nc1cnccc1[C@H]1CC(N)C[C@@H](C)C1)c1c(F)cc(O)cc1F. The maximum Gasteiger partial charge on any atom is 0.274 e. The van der Waals surface area contributed by atoms with Gasteiger partial charge in [-0.25, -0.2) is 13.2 Å². The number of allylic oxidation sites excluding steroid dienone is 3. The van der Waals surface area contributed by atoms with Crippen molar-refractivity contribution in [1.29, 1.82) is 0 Å². The number of hydrogen-bond donors (Lipinski definition) is 4. The number of aromatic hydroxyl groups is 1. The summed E-state index contributed by atoms with van der Waals surface area (Å²) in [4.78, 5) is 16.7. The Morgan fingerprint density at radius 1 is 1.26 bits per heavy atom. The number of benzene rings is 1. The largest absolute Gasteiger partial charge is 0.508 e. The van der Waals surface area contributed by atoms with Crippen molar-refractivity contribution < 1.29 is 23.1 Å². The molecule has 34 heavy (non-hydrogen) atoms. The Labute approximate surface area is 196 Å². The lowest BCUT2D eigenvalue weighted by Gasteiger charge is -2.32. The number of phenols is 1. The van der Waals surface area contributed by atoms with Crippen LogP contribution in [0.5, 0.6) is 5.75 Å². The summed E-state index contributed by atoms with van der Waals surface area (Å²) in [6.45, 7) is 3.57. The fraction of sp³-hybridized carbons (Fsp3) is 0.360. The number of aromatic nitrogens is 1. The van der Waals surface area contributed by atoms with E-state index in [1.165, 1.54) is 19.2 Å². The summed E-state index contributed by atoms with van der Waals surface area (Å²) >= 11 is 0. The monoisotopic (exact) mass is 474 g/mol. The number of nitrogens with one attached hydrogen (secondary N) is 1. The van der Waals surface area contributed by atoms with Gasteiger partial charge in [0.2, 0.25) is 0 Å². The number of nitrogens with zero attached hydrogens (tertiary/aromatic N) is 1. The standard InChI is InChI=1S/C25H29F3N4O2/c1-13-7-15(9-16(29)8-13)18-5-6-31-12-22(18)32-25(34)24(30)19(26)4-3-14(2)23-20(27)10-17(33)11-21(23)28/h3-6,10-16,33H,7-9,29-30H2,1-2H3,(H,32,34)/b4-3-,24-19+/t13-,14?,15+,16?/m0/s1. The highest BCUT2D eigenvalue weighted by Crippen LogP contribution is 2.38. The molecule has 2 aromatic rings. The van der Waals surface area contributed by atoms with Gasteiger partial charge in [0, 0.05) is 35.9 Å². The van der Waals surface area contributed by atoms with Crippen LogP contribution < -0.4 is 16.8 Å². The summed E-state index contributed by atoms with van der Waals surface area (Å²) in [5.74, 6) is -4.73. The molecular weight excluding hydrogens is 445 g/mol. The minimum atomic E-state index is -1.05. The molecule has 1 amide bonds. The van der Waals surface area contributed by atoms with E-state index in [1.807, 2.05) is 6.07 Å². The summed E-state index contributed by atoms with van der Waals surface area (Å²) in [6.07, 6.45) is 7.78. The van der Waals surface area contributed by atoms with Gasteiger partial charge in [-0.05, 0) is 48.8 Å². The van der Waals surface area contributed by atoms with Crippen molar-refractivity contribution in [1.82, 2.24) is 4.98 Å². The third kappa shape index (κ3) is 5.96. The lowest BCUT2D eigenvalue weighted by atomic mass is 9.76. The quantitative estimate of drug-likeness (QED) is 0.357. The van der Waals surface area contributed by atoms with E-state index < -0.39 is 40.7 Å². The van der Waals surface area contributed by atoms with E-state index in [4.69, 9.17) is 11.5 Å². The Hall–Kier alpha value is -3.33. The Morgan fingerprint density at radius 3 is 2.59 bits per heavy atom. The highest BCUT2D eigenvalue weighted by Gasteiger charge is 2.27. The third-order valence-electron chi connectivity index (χ3n) is 6.07. The average Bonchev–Trinajstić information content (AvgIpc) is 2.75. The molecule has 2 unspecified atom stereocenters. The van der Waals surface area contributed by atoms with Gasteiger partial charge in [0.15, 0.2) is 5.83 Å². The predicted molar refractivity (Wildman–Crippen MR) is 124 cm³/mol. The highest BCUT2D eigenvalue weighted by atomic mass is 19.1. The molecule has 0 saturated heterocycles. The first-order valence-corrected chi connectivity index (χ1v) is 11.1. The van der Waals surface area contributed by atoms with Crippen molar-refractivity contribution in [3.05, 3.63) is 77.0 Å². The second-order valence-electron chi connectivity index (χ2n) is 8.92. The minimum absolute atomic E-state index is 0.0586. The maximum atomic E-state index is 14.6. The molecule has 1 aliphatic carbocycles. The molecule has 0 aliphatic heterocycles. The van der Waals surface area contributed by atoms with Gasteiger partial charge in [0.1, 0.15) is 23.1 Å². The molecule has 6 nitrogen and oxygen atoms in total. The fourth-order valence-electron chi connectivity index (χ4n) is 4.50. The molecule has 0 bridgehead atoms. The van der Waals surface area contributed by atoms with Gasteiger partial charge in [-0.15, -0.1) is 0 Å². The Bertz CT molecular complexity index is 1090. The van der Waals surface area contributed by atoms with Crippen LogP contribution in [-0.4, -0.2) is 22.0 Å². The van der Waals surface area contributed by atoms with E-state index in [0.29, 0.717) is 11.6 Å². The van der Waals surface area contributed by atoms with Crippen molar-refractivity contribution in [2.24, 2.45) is 17.4 Å². The minimum Gasteiger partial charge on any atom is -0.508 e. The second kappa shape index (κ2) is 10.7. The van der Waals surface area contributed by atoms with Crippen LogP contribution in [0.25, 0.3) is 0 Å². The van der Waals surface area contributed by atoms with E-state index in [9.17, 15) is 23.1 Å². The molecular formula is C25H29F3N4O2. The van der Waals surface area contributed by atoms with E-state index in [0.717, 1.165) is 43.0 Å². The zero-order valence-corrected chi connectivity index (χ0v) is 19.1. The van der Waals surface area contributed by atoms with E-state index in [1.54, 1.807) is 6.20 Å². The van der Waals surface area contributed by atoms with E-state index in [2.05, 4.69) is 17.2 Å². The van der Waals surface area contributed by atoms with Crippen LogP contribution in [0.1, 0.15) is 56.1 Å². The average molecular weight is 475 g/mol. The van der Waals surface area contributed by atoms with Gasteiger partial charge >= 0.3 is 0 Å². The molecule has 0 spiro atoms. The number of phenolic OH excluding ortho intramolecular Hbond substituents is 1. The zero-order chi connectivity index (χ0) is 25.0. The molecule has 1 heterocycles. The fourth-order valence-corrected chi connectivity index (χ4v) is 4.50. The molecule has 1 aromatic carbocycles. The number of halogens is 3. The van der Waals surface area contributed by atoms with Crippen LogP contribution in [0, 0.1) is 17.6 Å². The highest BCUT2D eigenvalue weighted by molar-refractivity contribution is 6.04. The summed E-state index contributed by atoms with van der Waals surface area (Å²) in [5, 5.41) is 11.9. The van der Waals surface area contributed by atoms with Crippen LogP contribution in [-0.2, 0) is 4.79 Å². The van der Waals surface area contributed by atoms with Crippen molar-refractivity contribution in [2.75, 3.05) is 5.32 Å².